The largest absolute Gasteiger partial charge is 0.416 e. The number of aromatic nitrogens is 1. The number of β-amino-alcohol motifs (C(OH)–C–C–N with tert-alkyl or cyclic N) is 1. The highest BCUT2D eigenvalue weighted by Gasteiger charge is 2.34. The zero-order chi connectivity index (χ0) is 17.2. The molecule has 1 aliphatic rings. The van der Waals surface area contributed by atoms with Gasteiger partial charge in [-0.25, -0.2) is 0 Å². The molecule has 128 valence electrons. The van der Waals surface area contributed by atoms with Crippen LogP contribution in [0.1, 0.15) is 29.2 Å². The molecule has 1 N–H and O–H groups in total. The highest BCUT2D eigenvalue weighted by molar-refractivity contribution is 5.29. The number of aliphatic hydroxyl groups is 1. The minimum atomic E-state index is -4.35. The molecule has 0 aliphatic carbocycles. The molecule has 0 saturated carbocycles. The number of rotatable bonds is 4. The molecule has 0 radical (unpaired) electrons. The van der Waals surface area contributed by atoms with Crippen LogP contribution in [0.15, 0.2) is 48.8 Å². The van der Waals surface area contributed by atoms with Crippen molar-refractivity contribution in [2.45, 2.75) is 31.2 Å². The van der Waals surface area contributed by atoms with E-state index in [2.05, 4.69) is 9.88 Å². The smallest absolute Gasteiger partial charge is 0.392 e. The van der Waals surface area contributed by atoms with Crippen LogP contribution in [0.4, 0.5) is 13.2 Å². The average Bonchev–Trinajstić information content (AvgIpc) is 2.94. The van der Waals surface area contributed by atoms with E-state index in [4.69, 9.17) is 0 Å². The van der Waals surface area contributed by atoms with Gasteiger partial charge in [0.1, 0.15) is 0 Å². The van der Waals surface area contributed by atoms with Gasteiger partial charge in [-0.05, 0) is 48.2 Å². The number of nitrogens with zero attached hydrogens (tertiary/aromatic N) is 2. The van der Waals surface area contributed by atoms with Gasteiger partial charge < -0.3 is 5.11 Å². The van der Waals surface area contributed by atoms with Crippen LogP contribution in [0.5, 0.6) is 0 Å². The average molecular weight is 336 g/mol. The van der Waals surface area contributed by atoms with Crippen molar-refractivity contribution in [3.8, 4) is 0 Å². The molecule has 24 heavy (non-hydrogen) atoms. The molecule has 0 unspecified atom stereocenters. The second kappa shape index (κ2) is 6.91. The molecule has 0 spiro atoms. The van der Waals surface area contributed by atoms with Gasteiger partial charge in [-0.15, -0.1) is 0 Å². The summed E-state index contributed by atoms with van der Waals surface area (Å²) in [5, 5.41) is 9.98. The Labute approximate surface area is 138 Å². The predicted octanol–water partition coefficient (Wildman–Crippen LogP) is 3.45. The SMILES string of the molecule is O[C@H]1C[C@@H](c2cccc(C(F)(F)F)c2)N(CCc2ccncc2)C1. The van der Waals surface area contributed by atoms with Crippen LogP contribution in [0.25, 0.3) is 0 Å². The summed E-state index contributed by atoms with van der Waals surface area (Å²) in [4.78, 5) is 6.03. The van der Waals surface area contributed by atoms with Gasteiger partial charge in [0, 0.05) is 31.5 Å². The second-order valence-corrected chi connectivity index (χ2v) is 6.13. The Balaban J connectivity index is 1.75. The van der Waals surface area contributed by atoms with Crippen LogP contribution in [0.2, 0.25) is 0 Å². The third kappa shape index (κ3) is 3.94. The van der Waals surface area contributed by atoms with Crippen molar-refractivity contribution in [1.82, 2.24) is 9.88 Å². The maximum atomic E-state index is 12.9. The molecular formula is C18H19F3N2O. The van der Waals surface area contributed by atoms with Crippen molar-refractivity contribution in [1.29, 1.82) is 0 Å². The Hall–Kier alpha value is -1.92. The molecule has 1 aliphatic heterocycles. The van der Waals surface area contributed by atoms with Crippen molar-refractivity contribution in [3.05, 3.63) is 65.5 Å². The lowest BCUT2D eigenvalue weighted by Crippen LogP contribution is -2.27. The molecule has 2 atom stereocenters. The Morgan fingerprint density at radius 2 is 1.92 bits per heavy atom. The number of halogens is 3. The van der Waals surface area contributed by atoms with E-state index in [9.17, 15) is 18.3 Å². The number of benzene rings is 1. The van der Waals surface area contributed by atoms with Crippen molar-refractivity contribution in [2.24, 2.45) is 0 Å². The van der Waals surface area contributed by atoms with Crippen molar-refractivity contribution >= 4 is 0 Å². The summed E-state index contributed by atoms with van der Waals surface area (Å²) in [7, 11) is 0. The minimum absolute atomic E-state index is 0.191. The zero-order valence-electron chi connectivity index (χ0n) is 13.1. The highest BCUT2D eigenvalue weighted by Crippen LogP contribution is 2.36. The number of likely N-dealkylation sites (tertiary alicyclic amines) is 1. The monoisotopic (exact) mass is 336 g/mol. The van der Waals surface area contributed by atoms with Gasteiger partial charge in [0.25, 0.3) is 0 Å². The first kappa shape index (κ1) is 16.9. The summed E-state index contributed by atoms with van der Waals surface area (Å²) in [6.45, 7) is 1.16. The number of pyridine rings is 1. The summed E-state index contributed by atoms with van der Waals surface area (Å²) in [5.41, 5.74) is 1.08. The number of hydrogen-bond donors (Lipinski definition) is 1. The quantitative estimate of drug-likeness (QED) is 0.929. The van der Waals surface area contributed by atoms with Crippen molar-refractivity contribution in [3.63, 3.8) is 0 Å². The topological polar surface area (TPSA) is 36.4 Å². The van der Waals surface area contributed by atoms with Crippen molar-refractivity contribution in [2.75, 3.05) is 13.1 Å². The lowest BCUT2D eigenvalue weighted by atomic mass is 10.0. The third-order valence-corrected chi connectivity index (χ3v) is 4.42. The summed E-state index contributed by atoms with van der Waals surface area (Å²) >= 11 is 0. The predicted molar refractivity (Wildman–Crippen MR) is 84.3 cm³/mol. The lowest BCUT2D eigenvalue weighted by molar-refractivity contribution is -0.137. The Kier molecular flexibility index (Phi) is 4.87. The maximum Gasteiger partial charge on any atom is 0.416 e. The normalized spacial score (nSPS) is 22.0. The van der Waals surface area contributed by atoms with E-state index in [1.165, 1.54) is 12.1 Å². The third-order valence-electron chi connectivity index (χ3n) is 4.42. The first-order valence-electron chi connectivity index (χ1n) is 7.91. The molecule has 1 saturated heterocycles. The number of hydrogen-bond acceptors (Lipinski definition) is 3. The van der Waals surface area contributed by atoms with E-state index in [1.54, 1.807) is 18.5 Å². The molecule has 1 aromatic carbocycles. The first-order chi connectivity index (χ1) is 11.4. The Morgan fingerprint density at radius 3 is 2.62 bits per heavy atom. The fourth-order valence-corrected chi connectivity index (χ4v) is 3.22. The van der Waals surface area contributed by atoms with Crippen LogP contribution < -0.4 is 0 Å². The Bertz CT molecular complexity index is 675. The van der Waals surface area contributed by atoms with Crippen LogP contribution in [0, 0.1) is 0 Å². The lowest BCUT2D eigenvalue weighted by Gasteiger charge is -2.25. The van der Waals surface area contributed by atoms with Gasteiger partial charge in [0.05, 0.1) is 11.7 Å². The van der Waals surface area contributed by atoms with Gasteiger partial charge in [0.2, 0.25) is 0 Å². The van der Waals surface area contributed by atoms with E-state index in [0.29, 0.717) is 25.1 Å². The molecule has 3 rings (SSSR count). The summed E-state index contributed by atoms with van der Waals surface area (Å²) in [6.07, 6.45) is -0.198. The van der Waals surface area contributed by atoms with Gasteiger partial charge in [0.15, 0.2) is 0 Å². The summed E-state index contributed by atoms with van der Waals surface area (Å²) in [5.74, 6) is 0. The summed E-state index contributed by atoms with van der Waals surface area (Å²) in [6, 6.07) is 9.07. The van der Waals surface area contributed by atoms with Gasteiger partial charge in [-0.1, -0.05) is 12.1 Å². The number of alkyl halides is 3. The summed E-state index contributed by atoms with van der Waals surface area (Å²) < 4.78 is 38.8. The first-order valence-corrected chi connectivity index (χ1v) is 7.91. The Morgan fingerprint density at radius 1 is 1.17 bits per heavy atom. The highest BCUT2D eigenvalue weighted by atomic mass is 19.4. The molecule has 3 nitrogen and oxygen atoms in total. The molecule has 2 aromatic rings. The molecule has 6 heteroatoms. The van der Waals surface area contributed by atoms with Crippen LogP contribution >= 0.6 is 0 Å². The van der Waals surface area contributed by atoms with Gasteiger partial charge in [-0.3, -0.25) is 9.88 Å². The molecule has 1 fully saturated rings. The van der Waals surface area contributed by atoms with E-state index < -0.39 is 17.8 Å². The van der Waals surface area contributed by atoms with Crippen LogP contribution in [-0.2, 0) is 12.6 Å². The molecule has 2 heterocycles. The van der Waals surface area contributed by atoms with Gasteiger partial charge >= 0.3 is 6.18 Å². The fourth-order valence-electron chi connectivity index (χ4n) is 3.22. The van der Waals surface area contributed by atoms with Crippen LogP contribution in [-0.4, -0.2) is 34.2 Å². The maximum absolute atomic E-state index is 12.9. The number of aliphatic hydroxyl groups excluding tert-OH is 1. The van der Waals surface area contributed by atoms with E-state index in [-0.39, 0.29) is 6.04 Å². The molecule has 0 bridgehead atoms. The molecule has 1 aromatic heterocycles. The molecule has 0 amide bonds. The van der Waals surface area contributed by atoms with E-state index >= 15 is 0 Å². The van der Waals surface area contributed by atoms with E-state index in [1.807, 2.05) is 12.1 Å². The van der Waals surface area contributed by atoms with Crippen LogP contribution in [0.3, 0.4) is 0 Å². The fraction of sp³-hybridized carbons (Fsp3) is 0.389. The van der Waals surface area contributed by atoms with Crippen molar-refractivity contribution < 1.29 is 18.3 Å². The zero-order valence-corrected chi connectivity index (χ0v) is 13.1. The standard InChI is InChI=1S/C18H19F3N2O/c19-18(20,21)15-3-1-2-14(10-15)17-11-16(24)12-23(17)9-6-13-4-7-22-8-5-13/h1-5,7-8,10,16-17,24H,6,9,11-12H2/t16-,17-/m0/s1. The molecular weight excluding hydrogens is 317 g/mol. The minimum Gasteiger partial charge on any atom is -0.392 e. The second-order valence-electron chi connectivity index (χ2n) is 6.13. The van der Waals surface area contributed by atoms with Gasteiger partial charge in [-0.2, -0.15) is 13.2 Å². The van der Waals surface area contributed by atoms with E-state index in [0.717, 1.165) is 18.1 Å².